The summed E-state index contributed by atoms with van der Waals surface area (Å²) < 4.78 is 5.53. The Morgan fingerprint density at radius 3 is 2.55 bits per heavy atom. The molecule has 2 aliphatic heterocycles. The normalized spacial score (nSPS) is 16.5. The number of carbonyl (C=O) groups is 2. The second kappa shape index (κ2) is 11.7. The Morgan fingerprint density at radius 2 is 1.82 bits per heavy atom. The van der Waals surface area contributed by atoms with E-state index in [1.165, 1.54) is 11.8 Å². The average Bonchev–Trinajstić information content (AvgIpc) is 3.34. The van der Waals surface area contributed by atoms with Gasteiger partial charge in [-0.05, 0) is 36.1 Å². The van der Waals surface area contributed by atoms with Crippen LogP contribution in [0.2, 0.25) is 5.02 Å². The lowest BCUT2D eigenvalue weighted by atomic mass is 9.91. The highest BCUT2D eigenvalue weighted by atomic mass is 35.5. The van der Waals surface area contributed by atoms with Gasteiger partial charge in [-0.1, -0.05) is 78.0 Å². The number of thioether (sulfide) groups is 1. The van der Waals surface area contributed by atoms with Gasteiger partial charge in [0, 0.05) is 22.5 Å². The molecule has 2 aromatic carbocycles. The minimum Gasteiger partial charge on any atom is -0.463 e. The minimum absolute atomic E-state index is 0.0938. The molecule has 3 aromatic rings. The van der Waals surface area contributed by atoms with Gasteiger partial charge in [-0.15, -0.1) is 0 Å². The second-order valence-corrected chi connectivity index (χ2v) is 9.78. The van der Waals surface area contributed by atoms with Gasteiger partial charge in [-0.25, -0.2) is 9.79 Å². The van der Waals surface area contributed by atoms with E-state index in [1.807, 2.05) is 77.0 Å². The predicted molar refractivity (Wildman–Crippen MR) is 150 cm³/mol. The van der Waals surface area contributed by atoms with Gasteiger partial charge < -0.3 is 15.0 Å². The number of amides is 1. The zero-order valence-electron chi connectivity index (χ0n) is 20.6. The fourth-order valence-electron chi connectivity index (χ4n) is 4.40. The number of nitrogens with one attached hydrogen (secondary N) is 1. The third-order valence-electron chi connectivity index (χ3n) is 6.09. The van der Waals surface area contributed by atoms with Crippen LogP contribution in [-0.4, -0.2) is 33.5 Å². The maximum atomic E-state index is 13.5. The number of esters is 1. The van der Waals surface area contributed by atoms with Crippen LogP contribution in [0.4, 0.5) is 0 Å². The highest BCUT2D eigenvalue weighted by Crippen LogP contribution is 2.48. The minimum atomic E-state index is -0.629. The molecule has 0 radical (unpaired) electrons. The molecular weight excluding hydrogens is 520 g/mol. The van der Waals surface area contributed by atoms with Crippen molar-refractivity contribution < 1.29 is 14.3 Å². The van der Waals surface area contributed by atoms with E-state index in [9.17, 15) is 9.59 Å². The van der Waals surface area contributed by atoms with Crippen molar-refractivity contribution in [2.24, 2.45) is 4.99 Å². The van der Waals surface area contributed by atoms with Crippen molar-refractivity contribution in [2.45, 2.75) is 25.9 Å². The number of halogens is 1. The number of aromatic nitrogens is 1. The van der Waals surface area contributed by atoms with E-state index in [0.29, 0.717) is 33.7 Å². The molecule has 2 aliphatic rings. The van der Waals surface area contributed by atoms with Crippen molar-refractivity contribution in [3.8, 4) is 0 Å². The summed E-state index contributed by atoms with van der Waals surface area (Å²) in [4.78, 5) is 37.6. The third kappa shape index (κ3) is 5.37. The Morgan fingerprint density at radius 1 is 1.05 bits per heavy atom. The number of fused-ring (bicyclic) bond motifs is 1. The predicted octanol–water partition coefficient (Wildman–Crippen LogP) is 5.72. The first-order valence-corrected chi connectivity index (χ1v) is 13.4. The van der Waals surface area contributed by atoms with Crippen LogP contribution in [0.3, 0.4) is 0 Å². The van der Waals surface area contributed by atoms with E-state index in [4.69, 9.17) is 21.3 Å². The first kappa shape index (κ1) is 25.8. The number of amidine groups is 1. The lowest BCUT2D eigenvalue weighted by Gasteiger charge is -2.37. The summed E-state index contributed by atoms with van der Waals surface area (Å²) in [6.07, 6.45) is 1.78. The fourth-order valence-corrected chi connectivity index (χ4v) is 5.56. The molecule has 1 N–H and O–H groups in total. The summed E-state index contributed by atoms with van der Waals surface area (Å²) >= 11 is 8.12. The highest BCUT2D eigenvalue weighted by molar-refractivity contribution is 8.16. The average molecular weight is 545 g/mol. The van der Waals surface area contributed by atoms with Gasteiger partial charge in [0.05, 0.1) is 42.6 Å². The van der Waals surface area contributed by atoms with Crippen LogP contribution in [0.5, 0.6) is 0 Å². The van der Waals surface area contributed by atoms with Crippen molar-refractivity contribution in [2.75, 3.05) is 6.61 Å². The van der Waals surface area contributed by atoms with Crippen molar-refractivity contribution in [1.82, 2.24) is 15.2 Å². The van der Waals surface area contributed by atoms with E-state index in [1.54, 1.807) is 19.2 Å². The van der Waals surface area contributed by atoms with Crippen molar-refractivity contribution in [3.63, 3.8) is 0 Å². The molecule has 1 amide bonds. The van der Waals surface area contributed by atoms with Crippen LogP contribution < -0.4 is 5.32 Å². The molecule has 0 aliphatic carbocycles. The van der Waals surface area contributed by atoms with E-state index in [2.05, 4.69) is 10.3 Å². The lowest BCUT2D eigenvalue weighted by molar-refractivity contribution is -0.139. The number of hydrogen-bond donors (Lipinski definition) is 1. The van der Waals surface area contributed by atoms with Crippen molar-refractivity contribution in [1.29, 1.82) is 0 Å². The third-order valence-corrected chi connectivity index (χ3v) is 7.32. The largest absolute Gasteiger partial charge is 0.463 e. The van der Waals surface area contributed by atoms with Crippen molar-refractivity contribution in [3.05, 3.63) is 118 Å². The van der Waals surface area contributed by atoms with Gasteiger partial charge in [0.1, 0.15) is 0 Å². The molecule has 7 nitrogen and oxygen atoms in total. The molecule has 0 saturated heterocycles. The number of hydrogen-bond acceptors (Lipinski definition) is 7. The Balaban J connectivity index is 1.54. The Bertz CT molecular complexity index is 1440. The quantitative estimate of drug-likeness (QED) is 0.365. The summed E-state index contributed by atoms with van der Waals surface area (Å²) in [5.74, 6) is -0.646. The van der Waals surface area contributed by atoms with Crippen LogP contribution in [0.15, 0.2) is 101 Å². The number of aliphatic imine (C=N–C) groups is 1. The van der Waals surface area contributed by atoms with E-state index in [0.717, 1.165) is 16.8 Å². The summed E-state index contributed by atoms with van der Waals surface area (Å²) in [6, 6.07) is 21.9. The van der Waals surface area contributed by atoms with Gasteiger partial charge >= 0.3 is 5.97 Å². The van der Waals surface area contributed by atoms with Gasteiger partial charge in [0.25, 0.3) is 0 Å². The molecule has 1 unspecified atom stereocenters. The molecule has 5 rings (SSSR count). The van der Waals surface area contributed by atoms with Crippen LogP contribution in [0.25, 0.3) is 5.70 Å². The molecule has 192 valence electrons. The molecular formula is C29H25ClN4O3S. The first-order chi connectivity index (χ1) is 18.6. The molecule has 38 heavy (non-hydrogen) atoms. The summed E-state index contributed by atoms with van der Waals surface area (Å²) in [7, 11) is 0. The Labute approximate surface area is 230 Å². The number of carbonyl (C=O) groups excluding carboxylic acids is 2. The molecule has 9 heteroatoms. The first-order valence-electron chi connectivity index (χ1n) is 12.2. The molecule has 3 heterocycles. The molecule has 1 aromatic heterocycles. The van der Waals surface area contributed by atoms with Gasteiger partial charge in [0.2, 0.25) is 5.91 Å². The number of nitrogens with zero attached hydrogens (tertiary/aromatic N) is 3. The summed E-state index contributed by atoms with van der Waals surface area (Å²) in [6.45, 7) is 2.30. The van der Waals surface area contributed by atoms with E-state index >= 15 is 0 Å². The maximum Gasteiger partial charge on any atom is 0.338 e. The van der Waals surface area contributed by atoms with Crippen LogP contribution >= 0.6 is 23.4 Å². The molecule has 0 saturated carbocycles. The lowest BCUT2D eigenvalue weighted by Crippen LogP contribution is -2.38. The summed E-state index contributed by atoms with van der Waals surface area (Å²) in [5.41, 5.74) is 3.90. The van der Waals surface area contributed by atoms with Crippen molar-refractivity contribution >= 4 is 46.1 Å². The molecule has 0 spiro atoms. The highest BCUT2D eigenvalue weighted by Gasteiger charge is 2.43. The molecule has 1 atom stereocenters. The topological polar surface area (TPSA) is 83.9 Å². The number of pyridine rings is 1. The zero-order valence-corrected chi connectivity index (χ0v) is 22.2. The van der Waals surface area contributed by atoms with Crippen LogP contribution in [-0.2, 0) is 20.9 Å². The second-order valence-electron chi connectivity index (χ2n) is 8.54. The smallest absolute Gasteiger partial charge is 0.338 e. The maximum absolute atomic E-state index is 13.5. The molecule has 0 bridgehead atoms. The van der Waals surface area contributed by atoms with E-state index in [-0.39, 0.29) is 18.9 Å². The Kier molecular flexibility index (Phi) is 7.91. The zero-order chi connectivity index (χ0) is 26.5. The van der Waals surface area contributed by atoms with Gasteiger partial charge in [-0.2, -0.15) is 0 Å². The van der Waals surface area contributed by atoms with Crippen LogP contribution in [0.1, 0.15) is 36.2 Å². The standard InChI is InChI=1S/C29H25ClN4O3S/c1-2-37-28(36)25-26(19-10-4-3-5-11-19)33-29-34(27(25)22-13-6-7-14-23(22)30)21(18-38-29)16-24(35)32-17-20-12-8-9-15-31-20/h3-15,18,27H,2,16-17H2,1H3,(H,32,35). The fraction of sp³-hybridized carbons (Fsp3) is 0.172. The van der Waals surface area contributed by atoms with E-state index < -0.39 is 12.0 Å². The molecule has 0 fully saturated rings. The Hall–Kier alpha value is -3.88. The van der Waals surface area contributed by atoms with Gasteiger partial charge in [0.15, 0.2) is 5.17 Å². The monoisotopic (exact) mass is 544 g/mol. The van der Waals surface area contributed by atoms with Gasteiger partial charge in [-0.3, -0.25) is 9.78 Å². The van der Waals surface area contributed by atoms with Crippen LogP contribution in [0, 0.1) is 0 Å². The SMILES string of the molecule is CCOC(=O)C1=C(c2ccccc2)N=C2SC=C(CC(=O)NCc3ccccn3)N2C1c1ccccc1Cl. The number of ether oxygens (including phenoxy) is 1. The number of benzene rings is 2. The summed E-state index contributed by atoms with van der Waals surface area (Å²) in [5, 5.41) is 6.00. The number of rotatable bonds is 8.